The van der Waals surface area contributed by atoms with Crippen LogP contribution in [0.25, 0.3) is 5.69 Å². The van der Waals surface area contributed by atoms with Crippen LogP contribution in [0.1, 0.15) is 24.0 Å². The van der Waals surface area contributed by atoms with Crippen molar-refractivity contribution < 1.29 is 17.6 Å². The first-order valence-corrected chi connectivity index (χ1v) is 9.70. The number of alkyl halides is 3. The molecule has 4 rings (SSSR count). The van der Waals surface area contributed by atoms with E-state index in [0.29, 0.717) is 18.9 Å². The Kier molecular flexibility index (Phi) is 5.72. The third-order valence-corrected chi connectivity index (χ3v) is 5.19. The quantitative estimate of drug-likeness (QED) is 0.631. The molecule has 1 atom stereocenters. The number of halogens is 4. The van der Waals surface area contributed by atoms with E-state index < -0.39 is 11.7 Å². The van der Waals surface area contributed by atoms with Gasteiger partial charge in [-0.1, -0.05) is 0 Å². The highest BCUT2D eigenvalue weighted by Gasteiger charge is 2.31. The molecule has 1 N–H and O–H groups in total. The van der Waals surface area contributed by atoms with Gasteiger partial charge in [-0.15, -0.1) is 0 Å². The molecule has 30 heavy (non-hydrogen) atoms. The van der Waals surface area contributed by atoms with E-state index in [1.54, 1.807) is 29.2 Å². The van der Waals surface area contributed by atoms with Gasteiger partial charge in [0.05, 0.1) is 11.3 Å². The molecule has 1 aromatic carbocycles. The summed E-state index contributed by atoms with van der Waals surface area (Å²) in [7, 11) is 0. The van der Waals surface area contributed by atoms with E-state index in [2.05, 4.69) is 15.4 Å². The highest BCUT2D eigenvalue weighted by molar-refractivity contribution is 5.42. The first kappa shape index (κ1) is 20.3. The van der Waals surface area contributed by atoms with Gasteiger partial charge in [-0.05, 0) is 54.8 Å². The minimum absolute atomic E-state index is 0.108. The zero-order valence-corrected chi connectivity index (χ0v) is 16.1. The highest BCUT2D eigenvalue weighted by atomic mass is 19.4. The Bertz CT molecular complexity index is 970. The van der Waals surface area contributed by atoms with Gasteiger partial charge in [-0.2, -0.15) is 18.3 Å². The Morgan fingerprint density at radius 1 is 1.17 bits per heavy atom. The van der Waals surface area contributed by atoms with Gasteiger partial charge in [0.15, 0.2) is 0 Å². The summed E-state index contributed by atoms with van der Waals surface area (Å²) in [6, 6.07) is 8.96. The van der Waals surface area contributed by atoms with E-state index >= 15 is 0 Å². The third kappa shape index (κ3) is 4.62. The molecule has 9 heteroatoms. The fourth-order valence-corrected chi connectivity index (χ4v) is 3.68. The largest absolute Gasteiger partial charge is 0.417 e. The van der Waals surface area contributed by atoms with Crippen LogP contribution in [0.5, 0.6) is 0 Å². The fourth-order valence-electron chi connectivity index (χ4n) is 3.68. The molecule has 1 fully saturated rings. The minimum Gasteiger partial charge on any atom is -0.355 e. The maximum atomic E-state index is 13.8. The lowest BCUT2D eigenvalue weighted by atomic mass is 10.0. The summed E-state index contributed by atoms with van der Waals surface area (Å²) in [4.78, 5) is 5.97. The number of hydrogen-bond acceptors (Lipinski definition) is 4. The summed E-state index contributed by atoms with van der Waals surface area (Å²) in [5.74, 6) is 0.208. The zero-order chi connectivity index (χ0) is 21.1. The third-order valence-electron chi connectivity index (χ3n) is 5.19. The lowest BCUT2D eigenvalue weighted by molar-refractivity contribution is -0.137. The van der Waals surface area contributed by atoms with Crippen LogP contribution in [0, 0.1) is 5.82 Å². The lowest BCUT2D eigenvalue weighted by Gasteiger charge is -2.34. The summed E-state index contributed by atoms with van der Waals surface area (Å²) < 4.78 is 53.7. The number of benzene rings is 1. The number of nitrogens with one attached hydrogen (secondary N) is 1. The number of pyridine rings is 1. The number of anilines is 1. The summed E-state index contributed by atoms with van der Waals surface area (Å²) >= 11 is 0. The standard InChI is InChI=1S/C21H21F4N5/c22-17-5-6-19(30-10-2-8-28-30)15(11-17)12-26-18-3-1-9-29(14-18)20-7-4-16(13-27-20)21(23,24)25/h2,4-8,10-11,13,18,26H,1,3,9,12,14H2/t18-/m0/s1. The molecule has 1 aliphatic rings. The molecule has 2 aromatic heterocycles. The van der Waals surface area contributed by atoms with Gasteiger partial charge < -0.3 is 10.2 Å². The summed E-state index contributed by atoms with van der Waals surface area (Å²) in [5.41, 5.74) is 0.824. The van der Waals surface area contributed by atoms with Crippen LogP contribution in [0.2, 0.25) is 0 Å². The maximum absolute atomic E-state index is 13.8. The Morgan fingerprint density at radius 2 is 2.03 bits per heavy atom. The normalized spacial score (nSPS) is 17.3. The molecule has 0 aliphatic carbocycles. The lowest BCUT2D eigenvalue weighted by Crippen LogP contribution is -2.45. The van der Waals surface area contributed by atoms with Gasteiger partial charge in [-0.25, -0.2) is 14.1 Å². The SMILES string of the molecule is Fc1ccc(-n2cccn2)c(CN[C@H]2CCCN(c3ccc(C(F)(F)F)cn3)C2)c1. The van der Waals surface area contributed by atoms with E-state index in [4.69, 9.17) is 0 Å². The second kappa shape index (κ2) is 8.43. The fraction of sp³-hybridized carbons (Fsp3) is 0.333. The van der Waals surface area contributed by atoms with Crippen molar-refractivity contribution in [1.29, 1.82) is 0 Å². The van der Waals surface area contributed by atoms with Crippen molar-refractivity contribution in [3.05, 3.63) is 71.9 Å². The van der Waals surface area contributed by atoms with Crippen molar-refractivity contribution >= 4 is 5.82 Å². The molecule has 1 saturated heterocycles. The van der Waals surface area contributed by atoms with Crippen LogP contribution >= 0.6 is 0 Å². The van der Waals surface area contributed by atoms with Crippen LogP contribution < -0.4 is 10.2 Å². The van der Waals surface area contributed by atoms with Crippen LogP contribution in [-0.4, -0.2) is 33.9 Å². The van der Waals surface area contributed by atoms with Crippen LogP contribution in [-0.2, 0) is 12.7 Å². The van der Waals surface area contributed by atoms with Gasteiger partial charge in [0, 0.05) is 44.3 Å². The Balaban J connectivity index is 1.42. The topological polar surface area (TPSA) is 46.0 Å². The Hall–Kier alpha value is -2.94. The number of piperidine rings is 1. The highest BCUT2D eigenvalue weighted by Crippen LogP contribution is 2.30. The molecule has 0 bridgehead atoms. The van der Waals surface area contributed by atoms with Crippen molar-refractivity contribution in [3.63, 3.8) is 0 Å². The maximum Gasteiger partial charge on any atom is 0.417 e. The van der Waals surface area contributed by atoms with Gasteiger partial charge >= 0.3 is 6.18 Å². The summed E-state index contributed by atoms with van der Waals surface area (Å²) in [6.07, 6.45) is 1.75. The van der Waals surface area contributed by atoms with Crippen molar-refractivity contribution in [2.75, 3.05) is 18.0 Å². The monoisotopic (exact) mass is 419 g/mol. The van der Waals surface area contributed by atoms with Crippen LogP contribution in [0.15, 0.2) is 55.0 Å². The Morgan fingerprint density at radius 3 is 2.73 bits per heavy atom. The number of nitrogens with zero attached hydrogens (tertiary/aromatic N) is 4. The molecule has 158 valence electrons. The van der Waals surface area contributed by atoms with Crippen molar-refractivity contribution in [2.45, 2.75) is 31.6 Å². The van der Waals surface area contributed by atoms with Gasteiger partial charge in [0.2, 0.25) is 0 Å². The van der Waals surface area contributed by atoms with E-state index in [-0.39, 0.29) is 11.9 Å². The van der Waals surface area contributed by atoms with E-state index in [0.717, 1.165) is 42.9 Å². The number of aromatic nitrogens is 3. The second-order valence-electron chi connectivity index (χ2n) is 7.29. The van der Waals surface area contributed by atoms with Gasteiger partial charge in [0.25, 0.3) is 0 Å². The smallest absolute Gasteiger partial charge is 0.355 e. The molecule has 0 spiro atoms. The number of rotatable bonds is 5. The van der Waals surface area contributed by atoms with Gasteiger partial charge in [-0.3, -0.25) is 0 Å². The second-order valence-corrected chi connectivity index (χ2v) is 7.29. The molecule has 0 saturated carbocycles. The predicted octanol–water partition coefficient (Wildman–Crippen LogP) is 4.18. The van der Waals surface area contributed by atoms with Gasteiger partial charge in [0.1, 0.15) is 11.6 Å². The van der Waals surface area contributed by atoms with Crippen molar-refractivity contribution in [3.8, 4) is 5.69 Å². The van der Waals surface area contributed by atoms with Crippen LogP contribution in [0.4, 0.5) is 23.4 Å². The average Bonchev–Trinajstić information content (AvgIpc) is 3.27. The average molecular weight is 419 g/mol. The molecular formula is C21H21F4N5. The molecule has 5 nitrogen and oxygen atoms in total. The Labute approximate surface area is 171 Å². The molecule has 0 amide bonds. The summed E-state index contributed by atoms with van der Waals surface area (Å²) in [5, 5.41) is 7.66. The molecule has 3 aromatic rings. The molecule has 0 radical (unpaired) electrons. The van der Waals surface area contributed by atoms with E-state index in [9.17, 15) is 17.6 Å². The van der Waals surface area contributed by atoms with Crippen molar-refractivity contribution in [2.24, 2.45) is 0 Å². The van der Waals surface area contributed by atoms with E-state index in [1.807, 2.05) is 4.90 Å². The molecular weight excluding hydrogens is 398 g/mol. The molecule has 3 heterocycles. The first-order valence-electron chi connectivity index (χ1n) is 9.70. The molecule has 0 unspecified atom stereocenters. The van der Waals surface area contributed by atoms with Crippen LogP contribution in [0.3, 0.4) is 0 Å². The minimum atomic E-state index is -4.39. The predicted molar refractivity (Wildman–Crippen MR) is 105 cm³/mol. The number of hydrogen-bond donors (Lipinski definition) is 1. The van der Waals surface area contributed by atoms with Crippen molar-refractivity contribution in [1.82, 2.24) is 20.1 Å². The summed E-state index contributed by atoms with van der Waals surface area (Å²) in [6.45, 7) is 1.80. The van der Waals surface area contributed by atoms with E-state index in [1.165, 1.54) is 18.2 Å². The first-order chi connectivity index (χ1) is 14.4. The molecule has 1 aliphatic heterocycles. The zero-order valence-electron chi connectivity index (χ0n) is 16.1.